The summed E-state index contributed by atoms with van der Waals surface area (Å²) in [6.45, 7) is 0.164. The average Bonchev–Trinajstić information content (AvgIpc) is 3.00. The average molecular weight is 406 g/mol. The van der Waals surface area contributed by atoms with Gasteiger partial charge in [0, 0.05) is 35.7 Å². The number of Topliss-reactive ketones (excluding diaryl/α,β-unsaturated/α-hetero) is 1. The van der Waals surface area contributed by atoms with E-state index in [1.54, 1.807) is 67.1 Å². The molecule has 0 aliphatic carbocycles. The summed E-state index contributed by atoms with van der Waals surface area (Å²) in [5.74, 6) is -1.71. The first-order valence-electron chi connectivity index (χ1n) is 8.90. The van der Waals surface area contributed by atoms with Crippen LogP contribution in [0, 0.1) is 0 Å². The van der Waals surface area contributed by atoms with Gasteiger partial charge in [-0.3, -0.25) is 19.6 Å². The third kappa shape index (κ3) is 3.62. The van der Waals surface area contributed by atoms with Crippen molar-refractivity contribution in [3.63, 3.8) is 0 Å². The zero-order valence-electron chi connectivity index (χ0n) is 15.2. The number of rotatable bonds is 4. The lowest BCUT2D eigenvalue weighted by molar-refractivity contribution is -0.140. The third-order valence-electron chi connectivity index (χ3n) is 4.70. The highest BCUT2D eigenvalue weighted by atomic mass is 35.5. The van der Waals surface area contributed by atoms with Crippen molar-refractivity contribution < 1.29 is 14.7 Å². The van der Waals surface area contributed by atoms with Crippen LogP contribution in [0.1, 0.15) is 22.9 Å². The van der Waals surface area contributed by atoms with Gasteiger partial charge in [0.15, 0.2) is 0 Å². The molecule has 7 heteroatoms. The van der Waals surface area contributed by atoms with Crippen LogP contribution in [0.5, 0.6) is 0 Å². The Hall–Kier alpha value is -3.51. The zero-order valence-corrected chi connectivity index (χ0v) is 16.0. The van der Waals surface area contributed by atoms with Gasteiger partial charge in [-0.15, -0.1) is 0 Å². The first-order chi connectivity index (χ1) is 14.1. The number of aliphatic hydroxyl groups is 1. The number of likely N-dealkylation sites (tertiary alicyclic amines) is 1. The Balaban J connectivity index is 1.85. The summed E-state index contributed by atoms with van der Waals surface area (Å²) in [5, 5.41) is 11.4. The van der Waals surface area contributed by atoms with Crippen LogP contribution in [0.25, 0.3) is 5.76 Å². The number of halogens is 1. The molecule has 4 rings (SSSR count). The Kier molecular flexibility index (Phi) is 5.10. The molecule has 6 nitrogen and oxygen atoms in total. The summed E-state index contributed by atoms with van der Waals surface area (Å²) in [6.07, 6.45) is 4.85. The minimum Gasteiger partial charge on any atom is -0.507 e. The molecule has 1 aliphatic rings. The number of benzene rings is 1. The van der Waals surface area contributed by atoms with Crippen LogP contribution in [0.4, 0.5) is 0 Å². The van der Waals surface area contributed by atoms with Crippen molar-refractivity contribution >= 4 is 29.1 Å². The number of hydrogen-bond acceptors (Lipinski definition) is 5. The van der Waals surface area contributed by atoms with Crippen LogP contribution >= 0.6 is 11.6 Å². The first kappa shape index (κ1) is 18.8. The number of nitrogens with zero attached hydrogens (tertiary/aromatic N) is 3. The van der Waals surface area contributed by atoms with Gasteiger partial charge in [-0.05, 0) is 48.0 Å². The van der Waals surface area contributed by atoms with E-state index in [4.69, 9.17) is 11.6 Å². The van der Waals surface area contributed by atoms with Gasteiger partial charge >= 0.3 is 0 Å². The molecule has 29 heavy (non-hydrogen) atoms. The molecule has 1 aromatic carbocycles. The zero-order chi connectivity index (χ0) is 20.4. The third-order valence-corrected chi connectivity index (χ3v) is 4.95. The van der Waals surface area contributed by atoms with Crippen molar-refractivity contribution in [3.05, 3.63) is 101 Å². The van der Waals surface area contributed by atoms with Crippen LogP contribution in [0.3, 0.4) is 0 Å². The van der Waals surface area contributed by atoms with Crippen LogP contribution < -0.4 is 0 Å². The van der Waals surface area contributed by atoms with E-state index in [0.29, 0.717) is 16.3 Å². The molecule has 3 aromatic rings. The fourth-order valence-electron chi connectivity index (χ4n) is 3.34. The Morgan fingerprint density at radius 1 is 1.03 bits per heavy atom. The normalized spacial score (nSPS) is 18.2. The van der Waals surface area contributed by atoms with Crippen molar-refractivity contribution in [2.24, 2.45) is 0 Å². The van der Waals surface area contributed by atoms with Crippen LogP contribution in [-0.2, 0) is 16.1 Å². The van der Waals surface area contributed by atoms with E-state index in [1.165, 1.54) is 4.90 Å². The molecule has 3 heterocycles. The molecule has 1 N–H and O–H groups in total. The van der Waals surface area contributed by atoms with Crippen molar-refractivity contribution in [2.75, 3.05) is 0 Å². The highest BCUT2D eigenvalue weighted by Gasteiger charge is 2.46. The number of ketones is 1. The number of hydrogen-bond donors (Lipinski definition) is 1. The molecular formula is C22H16ClN3O3. The van der Waals surface area contributed by atoms with Gasteiger partial charge in [0.2, 0.25) is 0 Å². The van der Waals surface area contributed by atoms with Gasteiger partial charge in [0.05, 0.1) is 11.3 Å². The second-order valence-electron chi connectivity index (χ2n) is 6.55. The number of amides is 1. The monoisotopic (exact) mass is 405 g/mol. The fourth-order valence-corrected chi connectivity index (χ4v) is 3.47. The minimum absolute atomic E-state index is 0.0000808. The lowest BCUT2D eigenvalue weighted by Gasteiger charge is -2.24. The minimum atomic E-state index is -0.813. The van der Waals surface area contributed by atoms with Gasteiger partial charge in [-0.1, -0.05) is 23.7 Å². The Morgan fingerprint density at radius 2 is 1.83 bits per heavy atom. The first-order valence-corrected chi connectivity index (χ1v) is 9.28. The molecule has 1 amide bonds. The lowest BCUT2D eigenvalue weighted by atomic mass is 9.98. The largest absolute Gasteiger partial charge is 0.507 e. The second kappa shape index (κ2) is 7.85. The molecule has 1 saturated heterocycles. The Bertz CT molecular complexity index is 1080. The van der Waals surface area contributed by atoms with Gasteiger partial charge in [-0.25, -0.2) is 0 Å². The van der Waals surface area contributed by atoms with Crippen LogP contribution in [0.15, 0.2) is 78.8 Å². The molecule has 0 radical (unpaired) electrons. The standard InChI is InChI=1S/C22H16ClN3O3/c23-16-8-6-15(7-9-16)20(27)18-19(17-5-1-2-11-25-17)26(22(29)21(18)28)13-14-4-3-10-24-12-14/h1-12,19,27H,13H2/b20-18+/t19-/m0/s1. The summed E-state index contributed by atoms with van der Waals surface area (Å²) in [5.41, 5.74) is 1.66. The maximum atomic E-state index is 12.9. The summed E-state index contributed by atoms with van der Waals surface area (Å²) >= 11 is 5.92. The van der Waals surface area contributed by atoms with Gasteiger partial charge in [0.25, 0.3) is 11.7 Å². The topological polar surface area (TPSA) is 83.4 Å². The molecule has 1 fully saturated rings. The molecule has 1 aliphatic heterocycles. The summed E-state index contributed by atoms with van der Waals surface area (Å²) in [4.78, 5) is 35.6. The summed E-state index contributed by atoms with van der Waals surface area (Å²) < 4.78 is 0. The molecule has 1 atom stereocenters. The van der Waals surface area contributed by atoms with Crippen molar-refractivity contribution in [1.82, 2.24) is 14.9 Å². The molecule has 144 valence electrons. The maximum absolute atomic E-state index is 12.9. The summed E-state index contributed by atoms with van der Waals surface area (Å²) in [6, 6.07) is 14.4. The lowest BCUT2D eigenvalue weighted by Crippen LogP contribution is -2.29. The Morgan fingerprint density at radius 3 is 2.48 bits per heavy atom. The van der Waals surface area contributed by atoms with E-state index >= 15 is 0 Å². The van der Waals surface area contributed by atoms with Crippen LogP contribution in [-0.4, -0.2) is 31.7 Å². The highest BCUT2D eigenvalue weighted by molar-refractivity contribution is 6.46. The molecule has 0 bridgehead atoms. The van der Waals surface area contributed by atoms with Gasteiger partial charge in [-0.2, -0.15) is 0 Å². The SMILES string of the molecule is O=C1C(=O)N(Cc2cccnc2)[C@@H](c2ccccn2)/C1=C(\O)c1ccc(Cl)cc1. The van der Waals surface area contributed by atoms with E-state index in [2.05, 4.69) is 9.97 Å². The quantitative estimate of drug-likeness (QED) is 0.406. The molecule has 0 unspecified atom stereocenters. The predicted molar refractivity (Wildman–Crippen MR) is 108 cm³/mol. The highest BCUT2D eigenvalue weighted by Crippen LogP contribution is 2.39. The molecule has 0 saturated carbocycles. The smallest absolute Gasteiger partial charge is 0.296 e. The number of carbonyl (C=O) groups excluding carboxylic acids is 2. The van der Waals surface area contributed by atoms with E-state index in [9.17, 15) is 14.7 Å². The number of pyridine rings is 2. The predicted octanol–water partition coefficient (Wildman–Crippen LogP) is 3.75. The molecule has 0 spiro atoms. The van der Waals surface area contributed by atoms with E-state index < -0.39 is 17.7 Å². The van der Waals surface area contributed by atoms with E-state index in [1.807, 2.05) is 6.07 Å². The van der Waals surface area contributed by atoms with Gasteiger partial charge in [0.1, 0.15) is 11.8 Å². The second-order valence-corrected chi connectivity index (χ2v) is 6.99. The van der Waals surface area contributed by atoms with Crippen LogP contribution in [0.2, 0.25) is 5.02 Å². The number of aromatic nitrogens is 2. The van der Waals surface area contributed by atoms with Crippen molar-refractivity contribution in [1.29, 1.82) is 0 Å². The molecular weight excluding hydrogens is 390 g/mol. The molecule has 2 aromatic heterocycles. The van der Waals surface area contributed by atoms with Crippen molar-refractivity contribution in [3.8, 4) is 0 Å². The Labute approximate surface area is 172 Å². The van der Waals surface area contributed by atoms with E-state index in [0.717, 1.165) is 5.56 Å². The van der Waals surface area contributed by atoms with Crippen molar-refractivity contribution in [2.45, 2.75) is 12.6 Å². The maximum Gasteiger partial charge on any atom is 0.296 e. The number of carbonyl (C=O) groups is 2. The summed E-state index contributed by atoms with van der Waals surface area (Å²) in [7, 11) is 0. The van der Waals surface area contributed by atoms with E-state index in [-0.39, 0.29) is 17.9 Å². The number of aliphatic hydroxyl groups excluding tert-OH is 1. The fraction of sp³-hybridized carbons (Fsp3) is 0.0909. The van der Waals surface area contributed by atoms with Gasteiger partial charge < -0.3 is 10.0 Å².